The van der Waals surface area contributed by atoms with Gasteiger partial charge in [0, 0.05) is 11.5 Å². The monoisotopic (exact) mass is 465 g/mol. The van der Waals surface area contributed by atoms with Crippen LogP contribution in [-0.4, -0.2) is 17.2 Å². The standard InChI is InChI=1S/C18H28BrNO2.C2H6.H2S2/c1-14(22-17(2,3)4)18(5,6)12-7-8-13-21-16-11-9-10-15(19)20-16;2*1-2/h9-11H,1,7-8,12-13H2,2-6H3;1-2H3;1-2H. The highest BCUT2D eigenvalue weighted by atomic mass is 79.9. The molecule has 0 radical (unpaired) electrons. The van der Waals surface area contributed by atoms with Crippen molar-refractivity contribution in [1.29, 1.82) is 0 Å². The van der Waals surface area contributed by atoms with E-state index in [9.17, 15) is 0 Å². The summed E-state index contributed by atoms with van der Waals surface area (Å²) in [7, 11) is 0. The van der Waals surface area contributed by atoms with Crippen LogP contribution in [0.25, 0.3) is 0 Å². The SMILES string of the molecule is C=C(OC(C)(C)C)C(C)(C)CCCCOc1cccc(Br)n1.CC.SS. The van der Waals surface area contributed by atoms with E-state index in [1.807, 2.05) is 52.8 Å². The number of pyridine rings is 1. The number of hydrogen-bond acceptors (Lipinski definition) is 5. The van der Waals surface area contributed by atoms with Crippen LogP contribution in [0.5, 0.6) is 5.88 Å². The van der Waals surface area contributed by atoms with Crippen molar-refractivity contribution in [3.05, 3.63) is 35.1 Å². The lowest BCUT2D eigenvalue weighted by molar-refractivity contribution is 0.0162. The van der Waals surface area contributed by atoms with Crippen molar-refractivity contribution in [2.75, 3.05) is 6.61 Å². The molecule has 0 fully saturated rings. The van der Waals surface area contributed by atoms with Gasteiger partial charge in [0.15, 0.2) is 0 Å². The summed E-state index contributed by atoms with van der Waals surface area (Å²) >= 11 is 9.78. The first kappa shape index (κ1) is 27.9. The highest BCUT2D eigenvalue weighted by molar-refractivity contribution is 9.10. The summed E-state index contributed by atoms with van der Waals surface area (Å²) in [5.74, 6) is 1.52. The van der Waals surface area contributed by atoms with Crippen LogP contribution in [0.15, 0.2) is 35.1 Å². The van der Waals surface area contributed by atoms with Crippen molar-refractivity contribution in [3.8, 4) is 5.88 Å². The number of thiol groups is 2. The zero-order valence-electron chi connectivity index (χ0n) is 17.3. The van der Waals surface area contributed by atoms with Gasteiger partial charge in [0.2, 0.25) is 5.88 Å². The van der Waals surface area contributed by atoms with E-state index in [4.69, 9.17) is 9.47 Å². The second-order valence-electron chi connectivity index (χ2n) is 7.13. The van der Waals surface area contributed by atoms with Crippen LogP contribution < -0.4 is 4.74 Å². The summed E-state index contributed by atoms with van der Waals surface area (Å²) in [5, 5.41) is 0. The lowest BCUT2D eigenvalue weighted by Crippen LogP contribution is -2.25. The second kappa shape index (κ2) is 14.7. The maximum atomic E-state index is 5.90. The van der Waals surface area contributed by atoms with Gasteiger partial charge in [-0.1, -0.05) is 40.3 Å². The first-order valence-corrected chi connectivity index (χ1v) is 11.3. The number of halogens is 1. The molecule has 0 aliphatic rings. The third-order valence-electron chi connectivity index (χ3n) is 3.32. The predicted molar refractivity (Wildman–Crippen MR) is 124 cm³/mol. The molecule has 1 aromatic heterocycles. The first-order chi connectivity index (χ1) is 12.1. The predicted octanol–water partition coefficient (Wildman–Crippen LogP) is 7.54. The molecule has 26 heavy (non-hydrogen) atoms. The van der Waals surface area contributed by atoms with E-state index in [1.165, 1.54) is 0 Å². The van der Waals surface area contributed by atoms with E-state index in [0.29, 0.717) is 12.5 Å². The molecule has 0 saturated carbocycles. The Kier molecular flexibility index (Phi) is 15.8. The van der Waals surface area contributed by atoms with Crippen molar-refractivity contribution >= 4 is 39.3 Å². The summed E-state index contributed by atoms with van der Waals surface area (Å²) in [6.07, 6.45) is 3.07. The molecule has 6 heteroatoms. The fraction of sp³-hybridized carbons (Fsp3) is 0.650. The molecule has 0 bridgehead atoms. The van der Waals surface area contributed by atoms with Crippen LogP contribution >= 0.6 is 39.3 Å². The van der Waals surface area contributed by atoms with Gasteiger partial charge in [0.25, 0.3) is 0 Å². The summed E-state index contributed by atoms with van der Waals surface area (Å²) in [6, 6.07) is 5.67. The Morgan fingerprint density at radius 3 is 2.19 bits per heavy atom. The molecule has 1 rings (SSSR count). The van der Waals surface area contributed by atoms with Crippen LogP contribution in [0.1, 0.15) is 67.7 Å². The molecule has 0 saturated heterocycles. The minimum absolute atomic E-state index is 0.0265. The third kappa shape index (κ3) is 13.8. The van der Waals surface area contributed by atoms with E-state index < -0.39 is 0 Å². The van der Waals surface area contributed by atoms with Gasteiger partial charge in [0.1, 0.15) is 10.2 Å². The molecular formula is C20H36BrNO2S2. The van der Waals surface area contributed by atoms with Crippen molar-refractivity contribution in [2.24, 2.45) is 5.41 Å². The number of allylic oxidation sites excluding steroid dienone is 1. The number of unbranched alkanes of at least 4 members (excludes halogenated alkanes) is 1. The molecular weight excluding hydrogens is 430 g/mol. The van der Waals surface area contributed by atoms with Crippen molar-refractivity contribution < 1.29 is 9.47 Å². The van der Waals surface area contributed by atoms with Crippen LogP contribution in [0.3, 0.4) is 0 Å². The van der Waals surface area contributed by atoms with E-state index >= 15 is 0 Å². The van der Waals surface area contributed by atoms with E-state index in [2.05, 4.69) is 64.7 Å². The zero-order chi connectivity index (χ0) is 20.8. The molecule has 1 heterocycles. The Balaban J connectivity index is 0. The lowest BCUT2D eigenvalue weighted by atomic mass is 9.85. The molecule has 0 amide bonds. The number of rotatable bonds is 8. The Hall–Kier alpha value is -0.330. The van der Waals surface area contributed by atoms with Crippen LogP contribution in [-0.2, 0) is 4.74 Å². The van der Waals surface area contributed by atoms with Gasteiger partial charge in [-0.2, -0.15) is 0 Å². The van der Waals surface area contributed by atoms with Gasteiger partial charge >= 0.3 is 0 Å². The van der Waals surface area contributed by atoms with E-state index in [1.54, 1.807) is 0 Å². The maximum Gasteiger partial charge on any atom is 0.214 e. The van der Waals surface area contributed by atoms with Gasteiger partial charge < -0.3 is 9.47 Å². The number of hydrogen-bond donors (Lipinski definition) is 2. The third-order valence-corrected chi connectivity index (χ3v) is 3.76. The molecule has 0 aliphatic heterocycles. The maximum absolute atomic E-state index is 5.90. The topological polar surface area (TPSA) is 31.4 Å². The van der Waals surface area contributed by atoms with Crippen LogP contribution in [0.4, 0.5) is 0 Å². The minimum Gasteiger partial charge on any atom is -0.493 e. The fourth-order valence-electron chi connectivity index (χ4n) is 1.96. The highest BCUT2D eigenvalue weighted by Gasteiger charge is 2.26. The lowest BCUT2D eigenvalue weighted by Gasteiger charge is -2.32. The molecule has 0 unspecified atom stereocenters. The molecule has 0 aromatic carbocycles. The van der Waals surface area contributed by atoms with Gasteiger partial charge in [0.05, 0.1) is 12.4 Å². The summed E-state index contributed by atoms with van der Waals surface area (Å²) in [5.41, 5.74) is -0.217. The molecule has 1 aromatic rings. The van der Waals surface area contributed by atoms with Crippen molar-refractivity contribution in [3.63, 3.8) is 0 Å². The van der Waals surface area contributed by atoms with Gasteiger partial charge in [-0.25, -0.2) is 4.98 Å². The molecule has 0 aliphatic carbocycles. The minimum atomic E-state index is -0.191. The van der Waals surface area contributed by atoms with Crippen molar-refractivity contribution in [2.45, 2.75) is 73.3 Å². The quantitative estimate of drug-likeness (QED) is 0.136. The normalized spacial score (nSPS) is 10.7. The Bertz CT molecular complexity index is 503. The highest BCUT2D eigenvalue weighted by Crippen LogP contribution is 2.34. The zero-order valence-corrected chi connectivity index (χ0v) is 20.7. The number of ether oxygens (including phenoxy) is 2. The van der Waals surface area contributed by atoms with Gasteiger partial charge in [-0.05, 0) is 62.0 Å². The largest absolute Gasteiger partial charge is 0.493 e. The average molecular weight is 467 g/mol. The number of nitrogens with zero attached hydrogens (tertiary/aromatic N) is 1. The molecule has 3 nitrogen and oxygen atoms in total. The number of aromatic nitrogens is 1. The van der Waals surface area contributed by atoms with Gasteiger partial charge in [-0.3, -0.25) is 0 Å². The molecule has 0 spiro atoms. The molecule has 0 atom stereocenters. The summed E-state index contributed by atoms with van der Waals surface area (Å²) in [6.45, 7) is 19.3. The van der Waals surface area contributed by atoms with Crippen LogP contribution in [0, 0.1) is 5.41 Å². The van der Waals surface area contributed by atoms with E-state index in [-0.39, 0.29) is 11.0 Å². The van der Waals surface area contributed by atoms with Gasteiger partial charge in [-0.15, -0.1) is 23.3 Å². The van der Waals surface area contributed by atoms with Crippen LogP contribution in [0.2, 0.25) is 0 Å². The smallest absolute Gasteiger partial charge is 0.214 e. The Morgan fingerprint density at radius 1 is 1.12 bits per heavy atom. The Labute approximate surface area is 179 Å². The summed E-state index contributed by atoms with van der Waals surface area (Å²) < 4.78 is 12.3. The summed E-state index contributed by atoms with van der Waals surface area (Å²) in [4.78, 5) is 4.25. The first-order valence-electron chi connectivity index (χ1n) is 8.94. The molecule has 152 valence electrons. The second-order valence-corrected chi connectivity index (χ2v) is 7.94. The molecule has 0 N–H and O–H groups in total. The van der Waals surface area contributed by atoms with Crippen molar-refractivity contribution in [1.82, 2.24) is 4.98 Å². The fourth-order valence-corrected chi connectivity index (χ4v) is 2.29. The Morgan fingerprint density at radius 2 is 1.69 bits per heavy atom. The average Bonchev–Trinajstić information content (AvgIpc) is 2.56. The van der Waals surface area contributed by atoms with E-state index in [0.717, 1.165) is 29.6 Å².